The predicted molar refractivity (Wildman–Crippen MR) is 71.8 cm³/mol. The molecule has 0 fully saturated rings. The van der Waals surface area contributed by atoms with Crippen LogP contribution in [0, 0.1) is 0 Å². The molecule has 0 aliphatic heterocycles. The van der Waals surface area contributed by atoms with Gasteiger partial charge in [0, 0.05) is 10.0 Å². The van der Waals surface area contributed by atoms with Gasteiger partial charge in [0.1, 0.15) is 11.6 Å². The molecule has 2 rings (SSSR count). The minimum Gasteiger partial charge on any atom is -0.383 e. The number of aromatic amines is 1. The minimum absolute atomic E-state index is 0.171. The van der Waals surface area contributed by atoms with Crippen molar-refractivity contribution in [3.8, 4) is 11.4 Å². The second kappa shape index (κ2) is 4.71. The number of H-pyrrole nitrogens is 1. The molecule has 4 nitrogen and oxygen atoms in total. The lowest BCUT2D eigenvalue weighted by Crippen LogP contribution is -2.17. The second-order valence-corrected chi connectivity index (χ2v) is 4.56. The fraction of sp³-hybridized carbons (Fsp3) is 0.167. The third-order valence-electron chi connectivity index (χ3n) is 2.50. The summed E-state index contributed by atoms with van der Waals surface area (Å²) >= 11 is 3.37. The average molecular weight is 294 g/mol. The quantitative estimate of drug-likeness (QED) is 0.893. The van der Waals surface area contributed by atoms with Crippen molar-refractivity contribution in [2.45, 2.75) is 13.3 Å². The molecule has 0 saturated heterocycles. The molecule has 1 heterocycles. The van der Waals surface area contributed by atoms with E-state index in [1.165, 1.54) is 0 Å². The maximum absolute atomic E-state index is 11.8. The predicted octanol–water partition coefficient (Wildman–Crippen LogP) is 2.34. The third kappa shape index (κ3) is 2.39. The molecular formula is C12H12BrN3O. The lowest BCUT2D eigenvalue weighted by atomic mass is 10.2. The summed E-state index contributed by atoms with van der Waals surface area (Å²) in [5, 5.41) is 0. The Morgan fingerprint density at radius 2 is 2.24 bits per heavy atom. The van der Waals surface area contributed by atoms with E-state index in [1.54, 1.807) is 0 Å². The molecule has 0 amide bonds. The van der Waals surface area contributed by atoms with Crippen molar-refractivity contribution in [3.05, 3.63) is 44.7 Å². The van der Waals surface area contributed by atoms with E-state index in [4.69, 9.17) is 5.73 Å². The minimum atomic E-state index is -0.171. The Kier molecular flexibility index (Phi) is 3.28. The lowest BCUT2D eigenvalue weighted by molar-refractivity contribution is 1.02. The van der Waals surface area contributed by atoms with Crippen LogP contribution in [0.15, 0.2) is 33.5 Å². The number of benzene rings is 1. The number of halogens is 1. The zero-order chi connectivity index (χ0) is 12.4. The number of aromatic nitrogens is 2. The fourth-order valence-corrected chi connectivity index (χ4v) is 2.03. The normalized spacial score (nSPS) is 10.5. The Bertz CT molecular complexity index is 607. The summed E-state index contributed by atoms with van der Waals surface area (Å²) in [4.78, 5) is 18.7. The molecule has 3 N–H and O–H groups in total. The van der Waals surface area contributed by atoms with Crippen LogP contribution >= 0.6 is 15.9 Å². The first kappa shape index (κ1) is 11.9. The number of nitrogens with two attached hydrogens (primary N) is 1. The Morgan fingerprint density at radius 3 is 2.82 bits per heavy atom. The molecule has 1 aromatic carbocycles. The van der Waals surface area contributed by atoms with E-state index in [9.17, 15) is 4.79 Å². The summed E-state index contributed by atoms with van der Waals surface area (Å²) in [7, 11) is 0. The van der Waals surface area contributed by atoms with Crippen LogP contribution in [0.4, 0.5) is 5.82 Å². The van der Waals surface area contributed by atoms with E-state index in [2.05, 4.69) is 25.9 Å². The van der Waals surface area contributed by atoms with Crippen LogP contribution in [-0.4, -0.2) is 9.97 Å². The van der Waals surface area contributed by atoms with Gasteiger partial charge >= 0.3 is 0 Å². The molecule has 88 valence electrons. The molecule has 0 aliphatic carbocycles. The summed E-state index contributed by atoms with van der Waals surface area (Å²) in [6, 6.07) is 7.53. The molecule has 1 aromatic heterocycles. The first-order valence-corrected chi connectivity index (χ1v) is 6.05. The second-order valence-electron chi connectivity index (χ2n) is 3.64. The lowest BCUT2D eigenvalue weighted by Gasteiger charge is -2.05. The Labute approximate surface area is 107 Å². The van der Waals surface area contributed by atoms with Crippen molar-refractivity contribution in [1.82, 2.24) is 9.97 Å². The SMILES string of the molecule is CCc1c(N)nc(-c2cccc(Br)c2)[nH]c1=O. The molecule has 0 bridgehead atoms. The van der Waals surface area contributed by atoms with Crippen LogP contribution in [-0.2, 0) is 6.42 Å². The summed E-state index contributed by atoms with van der Waals surface area (Å²) < 4.78 is 0.927. The highest BCUT2D eigenvalue weighted by Crippen LogP contribution is 2.20. The molecule has 0 saturated carbocycles. The van der Waals surface area contributed by atoms with Gasteiger partial charge < -0.3 is 10.7 Å². The Morgan fingerprint density at radius 1 is 1.47 bits per heavy atom. The average Bonchev–Trinajstić information content (AvgIpc) is 2.28. The van der Waals surface area contributed by atoms with E-state index >= 15 is 0 Å². The number of anilines is 1. The van der Waals surface area contributed by atoms with Gasteiger partial charge in [-0.1, -0.05) is 35.0 Å². The molecule has 0 aliphatic rings. The van der Waals surface area contributed by atoms with E-state index in [0.29, 0.717) is 23.6 Å². The summed E-state index contributed by atoms with van der Waals surface area (Å²) in [6.45, 7) is 1.88. The number of nitrogen functional groups attached to an aromatic ring is 1. The zero-order valence-electron chi connectivity index (χ0n) is 9.33. The molecule has 0 radical (unpaired) electrons. The zero-order valence-corrected chi connectivity index (χ0v) is 10.9. The Hall–Kier alpha value is -1.62. The van der Waals surface area contributed by atoms with Gasteiger partial charge in [-0.3, -0.25) is 4.79 Å². The smallest absolute Gasteiger partial charge is 0.256 e. The molecule has 5 heteroatoms. The monoisotopic (exact) mass is 293 g/mol. The largest absolute Gasteiger partial charge is 0.383 e. The van der Waals surface area contributed by atoms with Crippen LogP contribution in [0.3, 0.4) is 0 Å². The van der Waals surface area contributed by atoms with Crippen LogP contribution < -0.4 is 11.3 Å². The molecule has 0 atom stereocenters. The van der Waals surface area contributed by atoms with Gasteiger partial charge in [-0.25, -0.2) is 4.98 Å². The van der Waals surface area contributed by atoms with Crippen LogP contribution in [0.1, 0.15) is 12.5 Å². The van der Waals surface area contributed by atoms with Crippen molar-refractivity contribution < 1.29 is 0 Å². The van der Waals surface area contributed by atoms with Crippen molar-refractivity contribution >= 4 is 21.7 Å². The highest BCUT2D eigenvalue weighted by molar-refractivity contribution is 9.10. The molecule has 0 unspecified atom stereocenters. The number of rotatable bonds is 2. The van der Waals surface area contributed by atoms with Crippen LogP contribution in [0.25, 0.3) is 11.4 Å². The summed E-state index contributed by atoms with van der Waals surface area (Å²) in [6.07, 6.45) is 0.576. The number of nitrogens with zero attached hydrogens (tertiary/aromatic N) is 1. The third-order valence-corrected chi connectivity index (χ3v) is 2.99. The van der Waals surface area contributed by atoms with E-state index in [0.717, 1.165) is 10.0 Å². The van der Waals surface area contributed by atoms with Crippen LogP contribution in [0.5, 0.6) is 0 Å². The molecule has 0 spiro atoms. The topological polar surface area (TPSA) is 71.8 Å². The molecule has 2 aromatic rings. The maximum Gasteiger partial charge on any atom is 0.256 e. The van der Waals surface area contributed by atoms with Crippen molar-refractivity contribution in [1.29, 1.82) is 0 Å². The van der Waals surface area contributed by atoms with Gasteiger partial charge in [-0.05, 0) is 18.6 Å². The van der Waals surface area contributed by atoms with E-state index in [-0.39, 0.29) is 5.56 Å². The van der Waals surface area contributed by atoms with Gasteiger partial charge in [0.15, 0.2) is 0 Å². The fourth-order valence-electron chi connectivity index (χ4n) is 1.63. The van der Waals surface area contributed by atoms with Gasteiger partial charge in [-0.15, -0.1) is 0 Å². The van der Waals surface area contributed by atoms with E-state index < -0.39 is 0 Å². The van der Waals surface area contributed by atoms with Crippen molar-refractivity contribution in [3.63, 3.8) is 0 Å². The Balaban J connectivity index is 2.58. The van der Waals surface area contributed by atoms with Gasteiger partial charge in [-0.2, -0.15) is 0 Å². The van der Waals surface area contributed by atoms with Gasteiger partial charge in [0.05, 0.1) is 5.56 Å². The number of nitrogens with one attached hydrogen (secondary N) is 1. The summed E-state index contributed by atoms with van der Waals surface area (Å²) in [5.74, 6) is 0.789. The van der Waals surface area contributed by atoms with Gasteiger partial charge in [0.25, 0.3) is 5.56 Å². The maximum atomic E-state index is 11.8. The standard InChI is InChI=1S/C12H12BrN3O/c1-2-9-10(14)15-11(16-12(9)17)7-4-3-5-8(13)6-7/h3-6H,2H2,1H3,(H3,14,15,16,17). The highest BCUT2D eigenvalue weighted by atomic mass is 79.9. The number of hydrogen-bond acceptors (Lipinski definition) is 3. The molecule has 17 heavy (non-hydrogen) atoms. The van der Waals surface area contributed by atoms with Crippen LogP contribution in [0.2, 0.25) is 0 Å². The van der Waals surface area contributed by atoms with Crippen molar-refractivity contribution in [2.24, 2.45) is 0 Å². The van der Waals surface area contributed by atoms with Gasteiger partial charge in [0.2, 0.25) is 0 Å². The molecular weight excluding hydrogens is 282 g/mol. The first-order chi connectivity index (χ1) is 8.11. The number of hydrogen-bond donors (Lipinski definition) is 2. The summed E-state index contributed by atoms with van der Waals surface area (Å²) in [5.41, 5.74) is 6.95. The van der Waals surface area contributed by atoms with E-state index in [1.807, 2.05) is 31.2 Å². The first-order valence-electron chi connectivity index (χ1n) is 5.26. The van der Waals surface area contributed by atoms with Crippen molar-refractivity contribution in [2.75, 3.05) is 5.73 Å². The highest BCUT2D eigenvalue weighted by Gasteiger charge is 2.08.